The molecule has 0 aromatic carbocycles. The molecule has 3 heterocycles. The molecule has 0 saturated carbocycles. The minimum atomic E-state index is -0.724. The zero-order chi connectivity index (χ0) is 22.1. The number of fused-ring (bicyclic) bond motifs is 1. The number of hydrogen-bond acceptors (Lipinski definition) is 5. The molecule has 9 heteroatoms. The number of imidazole rings is 1. The van der Waals surface area contributed by atoms with E-state index in [1.165, 1.54) is 12.3 Å². The fourth-order valence-electron chi connectivity index (χ4n) is 3.68. The minimum absolute atomic E-state index is 0.258. The van der Waals surface area contributed by atoms with Crippen LogP contribution in [0, 0.1) is 11.4 Å². The predicted molar refractivity (Wildman–Crippen MR) is 111 cm³/mol. The largest absolute Gasteiger partial charge is 0.357 e. The van der Waals surface area contributed by atoms with E-state index in [9.17, 15) is 14.0 Å². The summed E-state index contributed by atoms with van der Waals surface area (Å²) in [6.45, 7) is 7.73. The molecule has 0 unspecified atom stereocenters. The van der Waals surface area contributed by atoms with Crippen molar-refractivity contribution in [1.29, 1.82) is 0 Å². The number of nitrogens with zero attached hydrogens (tertiary/aromatic N) is 4. The molecule has 0 aliphatic carbocycles. The normalized spacial score (nSPS) is 15.8. The summed E-state index contributed by atoms with van der Waals surface area (Å²) in [6, 6.07) is 2.27. The Bertz CT molecular complexity index is 949. The van der Waals surface area contributed by atoms with E-state index in [4.69, 9.17) is 0 Å². The van der Waals surface area contributed by atoms with Gasteiger partial charge >= 0.3 is 0 Å². The van der Waals surface area contributed by atoms with E-state index in [2.05, 4.69) is 25.5 Å². The molecule has 1 aliphatic heterocycles. The molecule has 2 N–H and O–H groups in total. The predicted octanol–water partition coefficient (Wildman–Crippen LogP) is 1.81. The molecule has 0 radical (unpaired) electrons. The number of pyridine rings is 1. The van der Waals surface area contributed by atoms with Gasteiger partial charge in [-0.15, -0.1) is 0 Å². The maximum Gasteiger partial charge on any atom is 0.272 e. The number of aromatic nitrogens is 3. The number of likely N-dealkylation sites (N-methyl/N-ethyl adjacent to an activating group) is 1. The summed E-state index contributed by atoms with van der Waals surface area (Å²) in [5, 5.41) is 5.46. The van der Waals surface area contributed by atoms with Gasteiger partial charge in [-0.3, -0.25) is 9.59 Å². The maximum atomic E-state index is 13.7. The zero-order valence-electron chi connectivity index (χ0n) is 18.1. The van der Waals surface area contributed by atoms with Crippen LogP contribution in [0.2, 0.25) is 0 Å². The lowest BCUT2D eigenvalue weighted by atomic mass is 9.86. The van der Waals surface area contributed by atoms with Crippen molar-refractivity contribution in [1.82, 2.24) is 30.1 Å². The Kier molecular flexibility index (Phi) is 6.21. The number of amides is 2. The van der Waals surface area contributed by atoms with Crippen molar-refractivity contribution in [3.05, 3.63) is 35.7 Å². The third-order valence-corrected chi connectivity index (χ3v) is 5.26. The Hall–Kier alpha value is -2.81. The van der Waals surface area contributed by atoms with Gasteiger partial charge < -0.3 is 20.1 Å². The smallest absolute Gasteiger partial charge is 0.272 e. The van der Waals surface area contributed by atoms with Gasteiger partial charge in [0.2, 0.25) is 11.9 Å². The first-order valence-corrected chi connectivity index (χ1v) is 10.0. The van der Waals surface area contributed by atoms with Crippen LogP contribution >= 0.6 is 0 Å². The van der Waals surface area contributed by atoms with E-state index in [0.29, 0.717) is 24.5 Å². The zero-order valence-corrected chi connectivity index (χ0v) is 18.1. The molecule has 3 rings (SSSR count). The third kappa shape index (κ3) is 4.51. The average molecular weight is 417 g/mol. The first-order valence-electron chi connectivity index (χ1n) is 10.0. The van der Waals surface area contributed by atoms with Gasteiger partial charge in [0, 0.05) is 38.0 Å². The molecule has 2 aromatic rings. The number of carbonyl (C=O) groups excluding carboxylic acids is 2. The number of nitrogens with one attached hydrogen (secondary N) is 2. The summed E-state index contributed by atoms with van der Waals surface area (Å²) in [7, 11) is 3.53. The Labute approximate surface area is 175 Å². The van der Waals surface area contributed by atoms with Crippen molar-refractivity contribution in [3.8, 4) is 11.4 Å². The summed E-state index contributed by atoms with van der Waals surface area (Å²) in [4.78, 5) is 36.0. The molecule has 1 atom stereocenters. The summed E-state index contributed by atoms with van der Waals surface area (Å²) in [5.74, 6) is -0.763. The van der Waals surface area contributed by atoms with Crippen molar-refractivity contribution < 1.29 is 14.0 Å². The Morgan fingerprint density at radius 2 is 2.00 bits per heavy atom. The standard InChI is InChI=1S/C21H29FN6O2/c1-21(2,3)17(20(30)23-4)26-19(29)16-14-12-27(5)9-6-10-28(14)18(25-16)13-7-8-24-15(22)11-13/h7-8,11,17H,6,9-10,12H2,1-5H3,(H,23,30)(H,26,29)/t17-/m1/s1. The second-order valence-electron chi connectivity index (χ2n) is 8.73. The van der Waals surface area contributed by atoms with Crippen molar-refractivity contribution >= 4 is 11.8 Å². The highest BCUT2D eigenvalue weighted by atomic mass is 19.1. The van der Waals surface area contributed by atoms with Crippen molar-refractivity contribution in [2.45, 2.75) is 46.3 Å². The fraction of sp³-hybridized carbons (Fsp3) is 0.524. The van der Waals surface area contributed by atoms with Crippen LogP contribution < -0.4 is 10.6 Å². The van der Waals surface area contributed by atoms with Crippen LogP contribution in [0.4, 0.5) is 4.39 Å². The van der Waals surface area contributed by atoms with Crippen LogP contribution in [-0.2, 0) is 17.9 Å². The van der Waals surface area contributed by atoms with Gasteiger partial charge in [0.25, 0.3) is 5.91 Å². The summed E-state index contributed by atoms with van der Waals surface area (Å²) in [5.41, 5.74) is 1.09. The lowest BCUT2D eigenvalue weighted by Crippen LogP contribution is -2.53. The van der Waals surface area contributed by atoms with Gasteiger partial charge in [-0.25, -0.2) is 9.97 Å². The molecule has 0 spiro atoms. The number of carbonyl (C=O) groups is 2. The first-order chi connectivity index (χ1) is 14.1. The van der Waals surface area contributed by atoms with Gasteiger partial charge in [-0.05, 0) is 31.5 Å². The van der Waals surface area contributed by atoms with Crippen LogP contribution in [0.25, 0.3) is 11.4 Å². The van der Waals surface area contributed by atoms with Crippen molar-refractivity contribution in [3.63, 3.8) is 0 Å². The van der Waals surface area contributed by atoms with E-state index in [-0.39, 0.29) is 11.6 Å². The summed E-state index contributed by atoms with van der Waals surface area (Å²) >= 11 is 0. The topological polar surface area (TPSA) is 92.1 Å². The highest BCUT2D eigenvalue weighted by Crippen LogP contribution is 2.27. The monoisotopic (exact) mass is 416 g/mol. The van der Waals surface area contributed by atoms with Crippen LogP contribution in [0.1, 0.15) is 43.4 Å². The van der Waals surface area contributed by atoms with Crippen molar-refractivity contribution in [2.75, 3.05) is 20.6 Å². The van der Waals surface area contributed by atoms with E-state index >= 15 is 0 Å². The number of hydrogen-bond donors (Lipinski definition) is 2. The average Bonchev–Trinajstić information content (AvgIpc) is 2.91. The Balaban J connectivity index is 2.05. The molecule has 2 aromatic heterocycles. The number of rotatable bonds is 4. The molecule has 0 fully saturated rings. The minimum Gasteiger partial charge on any atom is -0.357 e. The van der Waals surface area contributed by atoms with E-state index in [1.807, 2.05) is 32.4 Å². The van der Waals surface area contributed by atoms with Gasteiger partial charge in [-0.2, -0.15) is 4.39 Å². The molecule has 162 valence electrons. The second-order valence-corrected chi connectivity index (χ2v) is 8.73. The molecule has 8 nitrogen and oxygen atoms in total. The molecule has 30 heavy (non-hydrogen) atoms. The van der Waals surface area contributed by atoms with Gasteiger partial charge in [0.05, 0.1) is 5.69 Å². The lowest BCUT2D eigenvalue weighted by molar-refractivity contribution is -0.124. The lowest BCUT2D eigenvalue weighted by Gasteiger charge is -2.29. The molecular weight excluding hydrogens is 387 g/mol. The van der Waals surface area contributed by atoms with E-state index < -0.39 is 23.3 Å². The van der Waals surface area contributed by atoms with Crippen LogP contribution in [0.15, 0.2) is 18.3 Å². The highest BCUT2D eigenvalue weighted by Gasteiger charge is 2.34. The summed E-state index contributed by atoms with van der Waals surface area (Å²) in [6.07, 6.45) is 2.26. The molecular formula is C21H29FN6O2. The number of halogens is 1. The highest BCUT2D eigenvalue weighted by molar-refractivity contribution is 5.97. The van der Waals surface area contributed by atoms with Gasteiger partial charge in [0.1, 0.15) is 11.9 Å². The quantitative estimate of drug-likeness (QED) is 0.742. The second kappa shape index (κ2) is 8.51. The molecule has 2 amide bonds. The maximum absolute atomic E-state index is 13.7. The molecule has 0 saturated heterocycles. The molecule has 0 bridgehead atoms. The van der Waals surface area contributed by atoms with Crippen LogP contribution in [0.5, 0.6) is 0 Å². The summed E-state index contributed by atoms with van der Waals surface area (Å²) < 4.78 is 15.7. The van der Waals surface area contributed by atoms with E-state index in [1.54, 1.807) is 13.1 Å². The Morgan fingerprint density at radius 3 is 2.63 bits per heavy atom. The first kappa shape index (κ1) is 21.9. The van der Waals surface area contributed by atoms with Crippen LogP contribution in [-0.4, -0.2) is 57.9 Å². The van der Waals surface area contributed by atoms with Crippen LogP contribution in [0.3, 0.4) is 0 Å². The van der Waals surface area contributed by atoms with Gasteiger partial charge in [-0.1, -0.05) is 20.8 Å². The van der Waals surface area contributed by atoms with Gasteiger partial charge in [0.15, 0.2) is 5.69 Å². The Morgan fingerprint density at radius 1 is 1.27 bits per heavy atom. The van der Waals surface area contributed by atoms with Crippen molar-refractivity contribution in [2.24, 2.45) is 5.41 Å². The molecule has 1 aliphatic rings. The fourth-order valence-corrected chi connectivity index (χ4v) is 3.68. The SMILES string of the molecule is CNC(=O)[C@@H](NC(=O)c1nc(-c2ccnc(F)c2)n2c1CN(C)CCC2)C(C)(C)C. The van der Waals surface area contributed by atoms with E-state index in [0.717, 1.165) is 18.7 Å². The third-order valence-electron chi connectivity index (χ3n) is 5.26.